The number of carboxylic acid groups (broad SMARTS) is 1. The van der Waals surface area contributed by atoms with Crippen molar-refractivity contribution in [3.63, 3.8) is 0 Å². The van der Waals surface area contributed by atoms with Crippen LogP contribution in [0.15, 0.2) is 48.5 Å². The number of carbonyl (C=O) groups excluding carboxylic acids is 2. The second-order valence-electron chi connectivity index (χ2n) is 8.87. The average molecular weight is 467 g/mol. The van der Waals surface area contributed by atoms with E-state index in [0.29, 0.717) is 25.9 Å². The standard InChI is InChI=1S/C27H34N2O5/c1-3-15-29(16-14-26(31)32)25(30)13-12-19(2)17-28-27(33)34-18-24-22-10-6-4-8-20(22)21-9-5-7-11-23(21)24/h4-11,19,24H,3,12-18H2,1-2H3,(H,28,33)(H,31,32). The van der Waals surface area contributed by atoms with Gasteiger partial charge in [0.15, 0.2) is 0 Å². The van der Waals surface area contributed by atoms with Crippen molar-refractivity contribution in [2.75, 3.05) is 26.2 Å². The minimum atomic E-state index is -0.908. The highest BCUT2D eigenvalue weighted by Gasteiger charge is 2.29. The van der Waals surface area contributed by atoms with Gasteiger partial charge >= 0.3 is 12.1 Å². The molecule has 0 saturated heterocycles. The summed E-state index contributed by atoms with van der Waals surface area (Å²) in [5.74, 6) is -0.846. The zero-order valence-electron chi connectivity index (χ0n) is 20.0. The highest BCUT2D eigenvalue weighted by atomic mass is 16.5. The molecular weight excluding hydrogens is 432 g/mol. The van der Waals surface area contributed by atoms with E-state index in [1.165, 1.54) is 22.3 Å². The fourth-order valence-corrected chi connectivity index (χ4v) is 4.40. The van der Waals surface area contributed by atoms with Crippen LogP contribution in [-0.4, -0.2) is 54.2 Å². The number of aliphatic carboxylic acids is 1. The summed E-state index contributed by atoms with van der Waals surface area (Å²) in [5, 5.41) is 11.7. The van der Waals surface area contributed by atoms with E-state index in [9.17, 15) is 14.4 Å². The third-order valence-electron chi connectivity index (χ3n) is 6.23. The molecule has 1 unspecified atom stereocenters. The topological polar surface area (TPSA) is 95.9 Å². The van der Waals surface area contributed by atoms with Crippen LogP contribution in [0, 0.1) is 5.92 Å². The molecule has 0 radical (unpaired) electrons. The van der Waals surface area contributed by atoms with E-state index in [0.717, 1.165) is 6.42 Å². The first kappa shape index (κ1) is 25.3. The van der Waals surface area contributed by atoms with Crippen LogP contribution in [-0.2, 0) is 14.3 Å². The van der Waals surface area contributed by atoms with Crippen molar-refractivity contribution >= 4 is 18.0 Å². The molecule has 2 amide bonds. The van der Waals surface area contributed by atoms with Crippen molar-refractivity contribution in [1.82, 2.24) is 10.2 Å². The van der Waals surface area contributed by atoms with Crippen LogP contribution in [0.1, 0.15) is 56.6 Å². The number of benzene rings is 2. The maximum atomic E-state index is 12.5. The van der Waals surface area contributed by atoms with Gasteiger partial charge in [-0.25, -0.2) is 4.79 Å². The molecule has 0 bridgehead atoms. The Balaban J connectivity index is 1.43. The van der Waals surface area contributed by atoms with Gasteiger partial charge in [0.1, 0.15) is 6.61 Å². The van der Waals surface area contributed by atoms with Gasteiger partial charge < -0.3 is 20.1 Å². The van der Waals surface area contributed by atoms with Crippen molar-refractivity contribution in [2.24, 2.45) is 5.92 Å². The molecule has 34 heavy (non-hydrogen) atoms. The fourth-order valence-electron chi connectivity index (χ4n) is 4.40. The minimum Gasteiger partial charge on any atom is -0.481 e. The van der Waals surface area contributed by atoms with E-state index in [1.807, 2.05) is 38.1 Å². The number of nitrogens with one attached hydrogen (secondary N) is 1. The van der Waals surface area contributed by atoms with Gasteiger partial charge in [0.2, 0.25) is 5.91 Å². The number of rotatable bonds is 12. The number of ether oxygens (including phenoxy) is 1. The second kappa shape index (κ2) is 12.2. The quantitative estimate of drug-likeness (QED) is 0.475. The molecule has 2 aromatic carbocycles. The molecule has 1 aliphatic rings. The molecule has 3 rings (SSSR count). The van der Waals surface area contributed by atoms with Gasteiger partial charge in [0.25, 0.3) is 0 Å². The number of alkyl carbamates (subject to hydrolysis) is 1. The number of hydrogen-bond donors (Lipinski definition) is 2. The van der Waals surface area contributed by atoms with Gasteiger partial charge in [0.05, 0.1) is 6.42 Å². The lowest BCUT2D eigenvalue weighted by Crippen LogP contribution is -2.34. The van der Waals surface area contributed by atoms with E-state index in [-0.39, 0.29) is 37.3 Å². The van der Waals surface area contributed by atoms with E-state index in [2.05, 4.69) is 29.6 Å². The zero-order valence-corrected chi connectivity index (χ0v) is 20.0. The Morgan fingerprint density at radius 3 is 2.21 bits per heavy atom. The SMILES string of the molecule is CCCN(CCC(=O)O)C(=O)CCC(C)CNC(=O)OCC1c2ccccc2-c2ccccc21. The summed E-state index contributed by atoms with van der Waals surface area (Å²) in [6.45, 7) is 5.39. The first-order valence-electron chi connectivity index (χ1n) is 12.0. The lowest BCUT2D eigenvalue weighted by molar-refractivity contribution is -0.138. The monoisotopic (exact) mass is 466 g/mol. The molecule has 0 spiro atoms. The molecule has 2 aromatic rings. The molecule has 0 aromatic heterocycles. The lowest BCUT2D eigenvalue weighted by atomic mass is 9.98. The van der Waals surface area contributed by atoms with E-state index < -0.39 is 12.1 Å². The van der Waals surface area contributed by atoms with Gasteiger partial charge in [0, 0.05) is 32.0 Å². The number of amides is 2. The molecule has 1 aliphatic carbocycles. The fraction of sp³-hybridized carbons (Fsp3) is 0.444. The maximum absolute atomic E-state index is 12.5. The number of fused-ring (bicyclic) bond motifs is 3. The lowest BCUT2D eigenvalue weighted by Gasteiger charge is -2.22. The highest BCUT2D eigenvalue weighted by Crippen LogP contribution is 2.44. The van der Waals surface area contributed by atoms with Gasteiger partial charge in [-0.2, -0.15) is 0 Å². The molecule has 0 aliphatic heterocycles. The van der Waals surface area contributed by atoms with Crippen LogP contribution in [0.2, 0.25) is 0 Å². The minimum absolute atomic E-state index is 0.0172. The van der Waals surface area contributed by atoms with Crippen LogP contribution >= 0.6 is 0 Å². The van der Waals surface area contributed by atoms with E-state index in [1.54, 1.807) is 4.90 Å². The molecule has 0 heterocycles. The summed E-state index contributed by atoms with van der Waals surface area (Å²) in [6.07, 6.45) is 1.20. The van der Waals surface area contributed by atoms with Gasteiger partial charge in [-0.15, -0.1) is 0 Å². The summed E-state index contributed by atoms with van der Waals surface area (Å²) in [6, 6.07) is 16.4. The Morgan fingerprint density at radius 1 is 1.00 bits per heavy atom. The van der Waals surface area contributed by atoms with Crippen LogP contribution in [0.25, 0.3) is 11.1 Å². The summed E-state index contributed by atoms with van der Waals surface area (Å²) in [4.78, 5) is 37.2. The van der Waals surface area contributed by atoms with Gasteiger partial charge in [-0.3, -0.25) is 9.59 Å². The van der Waals surface area contributed by atoms with Crippen LogP contribution in [0.5, 0.6) is 0 Å². The first-order chi connectivity index (χ1) is 16.4. The van der Waals surface area contributed by atoms with Crippen LogP contribution < -0.4 is 5.32 Å². The Bertz CT molecular complexity index is 961. The third-order valence-corrected chi connectivity index (χ3v) is 6.23. The average Bonchev–Trinajstić information content (AvgIpc) is 3.16. The Labute approximate surface area is 201 Å². The van der Waals surface area contributed by atoms with Crippen molar-refractivity contribution in [3.8, 4) is 11.1 Å². The molecule has 0 saturated carbocycles. The maximum Gasteiger partial charge on any atom is 0.407 e. The molecule has 7 nitrogen and oxygen atoms in total. The molecule has 2 N–H and O–H groups in total. The molecule has 7 heteroatoms. The Hall–Kier alpha value is -3.35. The molecular formula is C27H34N2O5. The van der Waals surface area contributed by atoms with Gasteiger partial charge in [-0.05, 0) is 41.0 Å². The molecule has 182 valence electrons. The largest absolute Gasteiger partial charge is 0.481 e. The number of nitrogens with zero attached hydrogens (tertiary/aromatic N) is 1. The van der Waals surface area contributed by atoms with Crippen LogP contribution in [0.4, 0.5) is 4.79 Å². The second-order valence-corrected chi connectivity index (χ2v) is 8.87. The number of carbonyl (C=O) groups is 3. The summed E-state index contributed by atoms with van der Waals surface area (Å²) >= 11 is 0. The predicted molar refractivity (Wildman–Crippen MR) is 131 cm³/mol. The highest BCUT2D eigenvalue weighted by molar-refractivity contribution is 5.79. The van der Waals surface area contributed by atoms with Crippen LogP contribution in [0.3, 0.4) is 0 Å². The zero-order chi connectivity index (χ0) is 24.5. The molecule has 0 fully saturated rings. The van der Waals surface area contributed by atoms with E-state index >= 15 is 0 Å². The Kier molecular flexibility index (Phi) is 9.08. The summed E-state index contributed by atoms with van der Waals surface area (Å²) in [5.41, 5.74) is 4.71. The third kappa shape index (κ3) is 6.59. The first-order valence-corrected chi connectivity index (χ1v) is 12.0. The van der Waals surface area contributed by atoms with Crippen molar-refractivity contribution < 1.29 is 24.2 Å². The predicted octanol–water partition coefficient (Wildman–Crippen LogP) is 4.65. The number of hydrogen-bond acceptors (Lipinski definition) is 4. The Morgan fingerprint density at radius 2 is 1.62 bits per heavy atom. The van der Waals surface area contributed by atoms with Crippen molar-refractivity contribution in [2.45, 2.75) is 45.4 Å². The smallest absolute Gasteiger partial charge is 0.407 e. The normalized spacial score (nSPS) is 13.0. The van der Waals surface area contributed by atoms with Crippen molar-refractivity contribution in [3.05, 3.63) is 59.7 Å². The number of carboxylic acids is 1. The molecule has 1 atom stereocenters. The van der Waals surface area contributed by atoms with Gasteiger partial charge in [-0.1, -0.05) is 62.4 Å². The van der Waals surface area contributed by atoms with Crippen molar-refractivity contribution in [1.29, 1.82) is 0 Å². The summed E-state index contributed by atoms with van der Waals surface area (Å²) < 4.78 is 5.56. The summed E-state index contributed by atoms with van der Waals surface area (Å²) in [7, 11) is 0. The van der Waals surface area contributed by atoms with E-state index in [4.69, 9.17) is 9.84 Å².